The molecule has 7 nitrogen and oxygen atoms in total. The van der Waals surface area contributed by atoms with Gasteiger partial charge in [-0.2, -0.15) is 0 Å². The number of carboxylic acid groups (broad SMARTS) is 1. The van der Waals surface area contributed by atoms with E-state index in [2.05, 4.69) is 5.32 Å². The van der Waals surface area contributed by atoms with Crippen molar-refractivity contribution >= 4 is 23.5 Å². The largest absolute Gasteiger partial charge is 0.495 e. The van der Waals surface area contributed by atoms with Crippen LogP contribution < -0.4 is 15.0 Å². The Labute approximate surface area is 153 Å². The van der Waals surface area contributed by atoms with Crippen molar-refractivity contribution in [1.82, 2.24) is 5.32 Å². The lowest BCUT2D eigenvalue weighted by Gasteiger charge is -2.21. The van der Waals surface area contributed by atoms with Gasteiger partial charge in [-0.05, 0) is 37.0 Å². The summed E-state index contributed by atoms with van der Waals surface area (Å²) < 4.78 is 5.32. The van der Waals surface area contributed by atoms with E-state index in [-0.39, 0.29) is 24.8 Å². The molecule has 0 saturated carbocycles. The number of carboxylic acids is 1. The molecule has 0 aliphatic carbocycles. The lowest BCUT2D eigenvalue weighted by molar-refractivity contribution is -0.142. The van der Waals surface area contributed by atoms with Crippen LogP contribution in [0.5, 0.6) is 5.75 Å². The van der Waals surface area contributed by atoms with Gasteiger partial charge in [0.25, 0.3) is 0 Å². The molecule has 26 heavy (non-hydrogen) atoms. The number of methoxy groups -OCH3 is 1. The van der Waals surface area contributed by atoms with Crippen LogP contribution >= 0.6 is 0 Å². The van der Waals surface area contributed by atoms with E-state index >= 15 is 0 Å². The van der Waals surface area contributed by atoms with Crippen molar-refractivity contribution in [3.05, 3.63) is 23.8 Å². The van der Waals surface area contributed by atoms with Gasteiger partial charge in [0, 0.05) is 13.0 Å². The predicted octanol–water partition coefficient (Wildman–Crippen LogP) is 1.97. The zero-order valence-corrected chi connectivity index (χ0v) is 15.6. The van der Waals surface area contributed by atoms with Gasteiger partial charge in [0.2, 0.25) is 11.8 Å². The Morgan fingerprint density at radius 3 is 2.65 bits per heavy atom. The molecule has 1 aliphatic rings. The Morgan fingerprint density at radius 2 is 2.08 bits per heavy atom. The lowest BCUT2D eigenvalue weighted by Crippen LogP contribution is -2.44. The summed E-state index contributed by atoms with van der Waals surface area (Å²) in [7, 11) is 1.53. The van der Waals surface area contributed by atoms with Crippen LogP contribution in [-0.2, 0) is 14.4 Å². The average molecular weight is 362 g/mol. The quantitative estimate of drug-likeness (QED) is 0.773. The Bertz CT molecular complexity index is 701. The minimum Gasteiger partial charge on any atom is -0.495 e. The van der Waals surface area contributed by atoms with Crippen molar-refractivity contribution in [1.29, 1.82) is 0 Å². The molecule has 0 spiro atoms. The summed E-state index contributed by atoms with van der Waals surface area (Å²) >= 11 is 0. The van der Waals surface area contributed by atoms with Gasteiger partial charge in [0.05, 0.1) is 18.7 Å². The first kappa shape index (κ1) is 19.8. The Hall–Kier alpha value is -2.57. The van der Waals surface area contributed by atoms with Crippen molar-refractivity contribution in [2.75, 3.05) is 18.6 Å². The molecular weight excluding hydrogens is 336 g/mol. The lowest BCUT2D eigenvalue weighted by atomic mass is 10.0. The summed E-state index contributed by atoms with van der Waals surface area (Å²) in [4.78, 5) is 37.8. The molecule has 7 heteroatoms. The first-order valence-electron chi connectivity index (χ1n) is 8.71. The molecule has 2 N–H and O–H groups in total. The second kappa shape index (κ2) is 8.21. The summed E-state index contributed by atoms with van der Waals surface area (Å²) in [6, 6.07) is 4.57. The zero-order valence-electron chi connectivity index (χ0n) is 15.6. The number of benzene rings is 1. The van der Waals surface area contributed by atoms with E-state index in [4.69, 9.17) is 4.74 Å². The van der Waals surface area contributed by atoms with E-state index in [1.165, 1.54) is 12.0 Å². The van der Waals surface area contributed by atoms with Gasteiger partial charge < -0.3 is 20.1 Å². The molecule has 1 fully saturated rings. The molecule has 2 amide bonds. The number of nitrogens with zero attached hydrogens (tertiary/aromatic N) is 1. The summed E-state index contributed by atoms with van der Waals surface area (Å²) in [5.74, 6) is -1.52. The van der Waals surface area contributed by atoms with Crippen molar-refractivity contribution in [3.63, 3.8) is 0 Å². The molecule has 0 radical (unpaired) electrons. The third-order valence-electron chi connectivity index (χ3n) is 4.44. The predicted molar refractivity (Wildman–Crippen MR) is 97.2 cm³/mol. The number of carbonyl (C=O) groups is 3. The normalized spacial score (nSPS) is 18.1. The molecule has 1 unspecified atom stereocenters. The maximum absolute atomic E-state index is 12.5. The zero-order chi connectivity index (χ0) is 19.4. The van der Waals surface area contributed by atoms with Crippen LogP contribution in [0.4, 0.5) is 5.69 Å². The van der Waals surface area contributed by atoms with Crippen LogP contribution in [-0.4, -0.2) is 42.6 Å². The van der Waals surface area contributed by atoms with E-state index in [0.717, 1.165) is 5.56 Å². The summed E-state index contributed by atoms with van der Waals surface area (Å²) in [5, 5.41) is 11.9. The van der Waals surface area contributed by atoms with Crippen LogP contribution in [0.25, 0.3) is 0 Å². The second-order valence-corrected chi connectivity index (χ2v) is 7.11. The highest BCUT2D eigenvalue weighted by molar-refractivity contribution is 6.01. The fourth-order valence-corrected chi connectivity index (χ4v) is 3.11. The average Bonchev–Trinajstić information content (AvgIpc) is 2.95. The van der Waals surface area contributed by atoms with Gasteiger partial charge in [-0.25, -0.2) is 4.79 Å². The number of rotatable bonds is 7. The SMILES string of the molecule is COc1ccc(C)cc1N1CC(C(=O)N[C@H](CC(C)C)C(=O)O)CC1=O. The maximum atomic E-state index is 12.5. The first-order valence-corrected chi connectivity index (χ1v) is 8.71. The van der Waals surface area contributed by atoms with Crippen LogP contribution in [0, 0.1) is 18.8 Å². The number of hydrogen-bond acceptors (Lipinski definition) is 4. The van der Waals surface area contributed by atoms with Gasteiger partial charge in [0.1, 0.15) is 11.8 Å². The summed E-state index contributed by atoms with van der Waals surface area (Å²) in [6.07, 6.45) is 0.397. The molecule has 0 aromatic heterocycles. The molecule has 1 aromatic carbocycles. The molecule has 2 atom stereocenters. The number of hydrogen-bond donors (Lipinski definition) is 2. The summed E-state index contributed by atoms with van der Waals surface area (Å²) in [5.41, 5.74) is 1.61. The third-order valence-corrected chi connectivity index (χ3v) is 4.44. The summed E-state index contributed by atoms with van der Waals surface area (Å²) in [6.45, 7) is 5.91. The Balaban J connectivity index is 2.13. The fraction of sp³-hybridized carbons (Fsp3) is 0.526. The van der Waals surface area contributed by atoms with E-state index in [1.807, 2.05) is 32.9 Å². The number of aliphatic carboxylic acids is 1. The molecular formula is C19H26N2O5. The second-order valence-electron chi connectivity index (χ2n) is 7.11. The molecule has 1 aromatic rings. The fourth-order valence-electron chi connectivity index (χ4n) is 3.11. The van der Waals surface area contributed by atoms with Crippen molar-refractivity contribution < 1.29 is 24.2 Å². The van der Waals surface area contributed by atoms with Gasteiger partial charge >= 0.3 is 5.97 Å². The molecule has 1 aliphatic heterocycles. The number of nitrogens with one attached hydrogen (secondary N) is 1. The smallest absolute Gasteiger partial charge is 0.326 e. The van der Waals surface area contributed by atoms with E-state index < -0.39 is 23.8 Å². The molecule has 1 heterocycles. The van der Waals surface area contributed by atoms with Crippen LogP contribution in [0.1, 0.15) is 32.3 Å². The van der Waals surface area contributed by atoms with Crippen molar-refractivity contribution in [2.45, 2.75) is 39.7 Å². The highest BCUT2D eigenvalue weighted by Gasteiger charge is 2.37. The Morgan fingerprint density at radius 1 is 1.38 bits per heavy atom. The highest BCUT2D eigenvalue weighted by atomic mass is 16.5. The number of carbonyl (C=O) groups excluding carboxylic acids is 2. The van der Waals surface area contributed by atoms with Crippen LogP contribution in [0.3, 0.4) is 0 Å². The standard InChI is InChI=1S/C19H26N2O5/c1-11(2)7-14(19(24)25)20-18(23)13-9-17(22)21(10-13)15-8-12(3)5-6-16(15)26-4/h5-6,8,11,13-14H,7,9-10H2,1-4H3,(H,20,23)(H,24,25)/t13?,14-/m1/s1. The first-order chi connectivity index (χ1) is 12.2. The van der Waals surface area contributed by atoms with Crippen LogP contribution in [0.2, 0.25) is 0 Å². The van der Waals surface area contributed by atoms with Crippen molar-refractivity contribution in [3.8, 4) is 5.75 Å². The van der Waals surface area contributed by atoms with E-state index in [9.17, 15) is 19.5 Å². The number of amides is 2. The minimum absolute atomic E-state index is 0.0525. The molecule has 1 saturated heterocycles. The third kappa shape index (κ3) is 4.53. The van der Waals surface area contributed by atoms with E-state index in [0.29, 0.717) is 17.9 Å². The van der Waals surface area contributed by atoms with E-state index in [1.54, 1.807) is 6.07 Å². The minimum atomic E-state index is -1.06. The molecule has 0 bridgehead atoms. The number of aryl methyl sites for hydroxylation is 1. The van der Waals surface area contributed by atoms with Gasteiger partial charge in [-0.1, -0.05) is 19.9 Å². The van der Waals surface area contributed by atoms with Crippen molar-refractivity contribution in [2.24, 2.45) is 11.8 Å². The highest BCUT2D eigenvalue weighted by Crippen LogP contribution is 2.34. The molecule has 142 valence electrons. The van der Waals surface area contributed by atoms with Gasteiger partial charge in [0.15, 0.2) is 0 Å². The van der Waals surface area contributed by atoms with Gasteiger partial charge in [-0.3, -0.25) is 9.59 Å². The number of anilines is 1. The number of ether oxygens (including phenoxy) is 1. The van der Waals surface area contributed by atoms with Gasteiger partial charge in [-0.15, -0.1) is 0 Å². The topological polar surface area (TPSA) is 95.9 Å². The Kier molecular flexibility index (Phi) is 6.23. The monoisotopic (exact) mass is 362 g/mol. The van der Waals surface area contributed by atoms with Crippen LogP contribution in [0.15, 0.2) is 18.2 Å². The molecule has 2 rings (SSSR count). The maximum Gasteiger partial charge on any atom is 0.326 e.